The van der Waals surface area contributed by atoms with E-state index in [1.54, 1.807) is 19.2 Å². The fourth-order valence-corrected chi connectivity index (χ4v) is 6.19. The zero-order valence-electron chi connectivity index (χ0n) is 21.0. The van der Waals surface area contributed by atoms with Gasteiger partial charge < -0.3 is 31.0 Å². The fraction of sp³-hybridized carbons (Fsp3) is 0.500. The van der Waals surface area contributed by atoms with Crippen LogP contribution < -0.4 is 21.1 Å². The second kappa shape index (κ2) is 8.89. The first kappa shape index (κ1) is 24.8. The number of benzene rings is 1. The number of primary amides is 1. The number of amides is 4. The minimum atomic E-state index is -1.24. The van der Waals surface area contributed by atoms with E-state index in [0.29, 0.717) is 31.0 Å². The number of ether oxygens (including phenoxy) is 1. The SMILES string of the molecule is COc1cccc2[nH]c(C(=O)N3CC4C(C3C(=O)NC(CC3CCNC3=O)C(=O)C(N)=O)C4(C)C)cc12. The lowest BCUT2D eigenvalue weighted by Gasteiger charge is -2.31. The van der Waals surface area contributed by atoms with Gasteiger partial charge in [-0.2, -0.15) is 0 Å². The van der Waals surface area contributed by atoms with Gasteiger partial charge >= 0.3 is 0 Å². The molecule has 1 aromatic carbocycles. The van der Waals surface area contributed by atoms with Crippen LogP contribution in [0.3, 0.4) is 0 Å². The van der Waals surface area contributed by atoms with E-state index in [-0.39, 0.29) is 35.5 Å². The Labute approximate surface area is 213 Å². The van der Waals surface area contributed by atoms with Gasteiger partial charge in [0.15, 0.2) is 0 Å². The van der Waals surface area contributed by atoms with Gasteiger partial charge in [-0.15, -0.1) is 0 Å². The molecule has 3 heterocycles. The van der Waals surface area contributed by atoms with Crippen LogP contribution in [-0.2, 0) is 19.2 Å². The van der Waals surface area contributed by atoms with Crippen molar-refractivity contribution in [2.45, 2.75) is 38.8 Å². The van der Waals surface area contributed by atoms with Crippen molar-refractivity contribution in [3.8, 4) is 5.75 Å². The molecule has 5 atom stereocenters. The smallest absolute Gasteiger partial charge is 0.287 e. The number of piperidine rings is 1. The van der Waals surface area contributed by atoms with Gasteiger partial charge in [-0.3, -0.25) is 24.0 Å². The van der Waals surface area contributed by atoms with E-state index in [0.717, 1.165) is 10.9 Å². The van der Waals surface area contributed by atoms with Gasteiger partial charge in [0.05, 0.1) is 13.2 Å². The molecule has 196 valence electrons. The lowest BCUT2D eigenvalue weighted by atomic mass is 9.94. The van der Waals surface area contributed by atoms with Gasteiger partial charge in [-0.05, 0) is 48.3 Å². The number of ketones is 1. The maximum absolute atomic E-state index is 13.6. The van der Waals surface area contributed by atoms with Crippen LogP contribution in [0.15, 0.2) is 24.3 Å². The molecule has 3 fully saturated rings. The highest BCUT2D eigenvalue weighted by atomic mass is 16.5. The molecule has 1 aliphatic carbocycles. The summed E-state index contributed by atoms with van der Waals surface area (Å²) in [7, 11) is 1.55. The maximum Gasteiger partial charge on any atom is 0.287 e. The molecule has 0 radical (unpaired) electrons. The van der Waals surface area contributed by atoms with Crippen molar-refractivity contribution in [2.24, 2.45) is 28.9 Å². The molecular formula is C26H31N5O6. The van der Waals surface area contributed by atoms with Crippen molar-refractivity contribution in [3.05, 3.63) is 30.0 Å². The van der Waals surface area contributed by atoms with Gasteiger partial charge in [0.25, 0.3) is 11.8 Å². The summed E-state index contributed by atoms with van der Waals surface area (Å²) in [6.45, 7) is 4.95. The van der Waals surface area contributed by atoms with Crippen LogP contribution in [0.2, 0.25) is 0 Å². The minimum absolute atomic E-state index is 0.0285. The third kappa shape index (κ3) is 4.11. The number of nitrogens with one attached hydrogen (secondary N) is 3. The molecule has 5 N–H and O–H groups in total. The predicted octanol–water partition coefficient (Wildman–Crippen LogP) is 0.339. The second-order valence-corrected chi connectivity index (χ2v) is 10.8. The molecular weight excluding hydrogens is 478 g/mol. The van der Waals surface area contributed by atoms with Gasteiger partial charge in [0, 0.05) is 29.9 Å². The van der Waals surface area contributed by atoms with Crippen molar-refractivity contribution in [1.82, 2.24) is 20.5 Å². The van der Waals surface area contributed by atoms with Gasteiger partial charge in [-0.1, -0.05) is 19.9 Å². The number of carbonyl (C=O) groups excluding carboxylic acids is 5. The quantitative estimate of drug-likeness (QED) is 0.375. The molecule has 5 unspecified atom stereocenters. The molecule has 0 bridgehead atoms. The molecule has 2 saturated heterocycles. The van der Waals surface area contributed by atoms with Crippen molar-refractivity contribution < 1.29 is 28.7 Å². The summed E-state index contributed by atoms with van der Waals surface area (Å²) < 4.78 is 5.40. The standard InChI is InChI=1S/C26H31N5O6/c1-26(2)14-11-31(25(36)17-10-13-15(29-17)5-4-6-18(13)37-3)20(19(14)26)24(35)30-16(21(32)22(27)33)9-12-7-8-28-23(12)34/h4-6,10,12,14,16,19-20,29H,7-9,11H2,1-3H3,(H2,27,33)(H,28,34)(H,30,35). The summed E-state index contributed by atoms with van der Waals surface area (Å²) >= 11 is 0. The lowest BCUT2D eigenvalue weighted by molar-refractivity contribution is -0.139. The Morgan fingerprint density at radius 2 is 2.03 bits per heavy atom. The molecule has 11 nitrogen and oxygen atoms in total. The Kier molecular flexibility index (Phi) is 5.96. The van der Waals surface area contributed by atoms with Crippen LogP contribution in [0, 0.1) is 23.2 Å². The number of nitrogens with zero attached hydrogens (tertiary/aromatic N) is 1. The molecule has 0 spiro atoms. The first-order valence-corrected chi connectivity index (χ1v) is 12.4. The van der Waals surface area contributed by atoms with Gasteiger partial charge in [0.1, 0.15) is 17.5 Å². The monoisotopic (exact) mass is 509 g/mol. The molecule has 1 saturated carbocycles. The van der Waals surface area contributed by atoms with Gasteiger partial charge in [0.2, 0.25) is 17.6 Å². The number of aromatic nitrogens is 1. The zero-order valence-corrected chi connectivity index (χ0v) is 21.0. The first-order chi connectivity index (χ1) is 17.5. The number of rotatable bonds is 8. The summed E-state index contributed by atoms with van der Waals surface area (Å²) in [6.07, 6.45) is 0.464. The number of fused-ring (bicyclic) bond motifs is 2. The number of Topliss-reactive ketones (excluding diaryl/α,β-unsaturated/α-hetero) is 1. The predicted molar refractivity (Wildman–Crippen MR) is 132 cm³/mol. The molecule has 2 aliphatic heterocycles. The van der Waals surface area contributed by atoms with E-state index in [1.807, 2.05) is 26.0 Å². The van der Waals surface area contributed by atoms with E-state index in [2.05, 4.69) is 15.6 Å². The highest BCUT2D eigenvalue weighted by molar-refractivity contribution is 6.38. The normalized spacial score (nSPS) is 26.4. The number of aromatic amines is 1. The molecule has 1 aromatic heterocycles. The number of likely N-dealkylation sites (tertiary alicyclic amines) is 1. The van der Waals surface area contributed by atoms with Gasteiger partial charge in [-0.25, -0.2) is 0 Å². The van der Waals surface area contributed by atoms with Crippen LogP contribution in [0.5, 0.6) is 5.75 Å². The Morgan fingerprint density at radius 3 is 2.68 bits per heavy atom. The number of H-pyrrole nitrogens is 1. The summed E-state index contributed by atoms with van der Waals surface area (Å²) in [4.78, 5) is 68.3. The number of hydrogen-bond donors (Lipinski definition) is 4. The highest BCUT2D eigenvalue weighted by Crippen LogP contribution is 2.65. The van der Waals surface area contributed by atoms with E-state index < -0.39 is 35.6 Å². The summed E-state index contributed by atoms with van der Waals surface area (Å²) in [6, 6.07) is 5.09. The third-order valence-electron chi connectivity index (χ3n) is 8.37. The van der Waals surface area contributed by atoms with Crippen molar-refractivity contribution in [1.29, 1.82) is 0 Å². The number of methoxy groups -OCH3 is 1. The molecule has 3 aliphatic rings. The van der Waals surface area contributed by atoms with Crippen molar-refractivity contribution in [2.75, 3.05) is 20.2 Å². The Balaban J connectivity index is 1.41. The van der Waals surface area contributed by atoms with E-state index in [9.17, 15) is 24.0 Å². The fourth-order valence-electron chi connectivity index (χ4n) is 6.19. The van der Waals surface area contributed by atoms with Crippen LogP contribution in [0.1, 0.15) is 37.2 Å². The Bertz CT molecular complexity index is 1320. The zero-order chi connectivity index (χ0) is 26.6. The van der Waals surface area contributed by atoms with E-state index in [4.69, 9.17) is 10.5 Å². The summed E-state index contributed by atoms with van der Waals surface area (Å²) in [5.41, 5.74) is 6.15. The van der Waals surface area contributed by atoms with Crippen LogP contribution >= 0.6 is 0 Å². The van der Waals surface area contributed by atoms with E-state index >= 15 is 0 Å². The highest BCUT2D eigenvalue weighted by Gasteiger charge is 2.69. The number of nitrogens with two attached hydrogens (primary N) is 1. The Morgan fingerprint density at radius 1 is 1.27 bits per heavy atom. The summed E-state index contributed by atoms with van der Waals surface area (Å²) in [5, 5.41) is 6.11. The number of hydrogen-bond acceptors (Lipinski definition) is 6. The molecule has 2 aromatic rings. The first-order valence-electron chi connectivity index (χ1n) is 12.4. The average molecular weight is 510 g/mol. The molecule has 37 heavy (non-hydrogen) atoms. The largest absolute Gasteiger partial charge is 0.496 e. The summed E-state index contributed by atoms with van der Waals surface area (Å²) in [5.74, 6) is -3.11. The van der Waals surface area contributed by atoms with Crippen LogP contribution in [0.25, 0.3) is 10.9 Å². The van der Waals surface area contributed by atoms with Crippen LogP contribution in [-0.4, -0.2) is 71.6 Å². The van der Waals surface area contributed by atoms with Crippen LogP contribution in [0.4, 0.5) is 0 Å². The van der Waals surface area contributed by atoms with Crippen molar-refractivity contribution in [3.63, 3.8) is 0 Å². The lowest BCUT2D eigenvalue weighted by Crippen LogP contribution is -2.55. The Hall–Kier alpha value is -3.89. The topological polar surface area (TPSA) is 164 Å². The minimum Gasteiger partial charge on any atom is -0.496 e. The molecule has 4 amide bonds. The molecule has 11 heteroatoms. The third-order valence-corrected chi connectivity index (χ3v) is 8.37. The van der Waals surface area contributed by atoms with E-state index in [1.165, 1.54) is 4.90 Å². The molecule has 5 rings (SSSR count). The average Bonchev–Trinajstić information content (AvgIpc) is 3.38. The van der Waals surface area contributed by atoms with Crippen molar-refractivity contribution >= 4 is 40.3 Å². The number of carbonyl (C=O) groups is 5. The second-order valence-electron chi connectivity index (χ2n) is 10.8. The maximum atomic E-state index is 13.6.